The molecule has 0 atom stereocenters. The molecule has 27 heavy (non-hydrogen) atoms. The third kappa shape index (κ3) is 3.92. The van der Waals surface area contributed by atoms with Crippen molar-refractivity contribution in [3.8, 4) is 11.3 Å². The summed E-state index contributed by atoms with van der Waals surface area (Å²) in [5.41, 5.74) is 1.75. The molecule has 0 unspecified atom stereocenters. The van der Waals surface area contributed by atoms with Crippen molar-refractivity contribution >= 4 is 5.91 Å². The summed E-state index contributed by atoms with van der Waals surface area (Å²) in [6.07, 6.45) is 4.38. The van der Waals surface area contributed by atoms with Crippen LogP contribution in [0.15, 0.2) is 65.2 Å². The Morgan fingerprint density at radius 2 is 1.85 bits per heavy atom. The molecule has 0 aliphatic heterocycles. The third-order valence-electron chi connectivity index (χ3n) is 5.12. The van der Waals surface area contributed by atoms with Gasteiger partial charge in [-0.2, -0.15) is 0 Å². The largest absolute Gasteiger partial charge is 0.441 e. The summed E-state index contributed by atoms with van der Waals surface area (Å²) in [4.78, 5) is 16.4. The molecule has 1 heterocycles. The average molecular weight is 364 g/mol. The zero-order chi connectivity index (χ0) is 18.7. The van der Waals surface area contributed by atoms with Gasteiger partial charge in [-0.1, -0.05) is 42.5 Å². The van der Waals surface area contributed by atoms with Gasteiger partial charge in [-0.05, 0) is 30.5 Å². The maximum Gasteiger partial charge on any atom is 0.220 e. The van der Waals surface area contributed by atoms with Crippen LogP contribution in [0.5, 0.6) is 0 Å². The molecule has 4 rings (SSSR count). The van der Waals surface area contributed by atoms with Crippen LogP contribution < -0.4 is 5.32 Å². The molecule has 3 aromatic rings. The molecule has 1 aliphatic rings. The van der Waals surface area contributed by atoms with Gasteiger partial charge in [0.05, 0.1) is 11.8 Å². The molecule has 1 fully saturated rings. The van der Waals surface area contributed by atoms with Crippen LogP contribution in [-0.4, -0.2) is 17.4 Å². The first-order valence-electron chi connectivity index (χ1n) is 9.18. The van der Waals surface area contributed by atoms with Gasteiger partial charge in [-0.3, -0.25) is 4.79 Å². The van der Waals surface area contributed by atoms with E-state index in [2.05, 4.69) is 22.4 Å². The summed E-state index contributed by atoms with van der Waals surface area (Å²) in [5.74, 6) is 0.438. The van der Waals surface area contributed by atoms with Crippen LogP contribution >= 0.6 is 0 Å². The first kappa shape index (κ1) is 17.5. The quantitative estimate of drug-likeness (QED) is 0.681. The highest BCUT2D eigenvalue weighted by atomic mass is 19.1. The Morgan fingerprint density at radius 3 is 2.59 bits per heavy atom. The minimum absolute atomic E-state index is 0.0251. The number of carbonyl (C=O) groups is 1. The molecule has 1 aliphatic carbocycles. The van der Waals surface area contributed by atoms with Crippen molar-refractivity contribution in [2.75, 3.05) is 6.54 Å². The van der Waals surface area contributed by atoms with E-state index >= 15 is 0 Å². The first-order valence-corrected chi connectivity index (χ1v) is 9.18. The number of carbonyl (C=O) groups excluding carboxylic acids is 1. The highest BCUT2D eigenvalue weighted by Crippen LogP contribution is 2.47. The van der Waals surface area contributed by atoms with E-state index in [4.69, 9.17) is 4.42 Å². The second-order valence-electron chi connectivity index (χ2n) is 7.02. The Kier molecular flexibility index (Phi) is 4.75. The van der Waals surface area contributed by atoms with Crippen molar-refractivity contribution in [3.05, 3.63) is 78.1 Å². The Balaban J connectivity index is 1.30. The van der Waals surface area contributed by atoms with Gasteiger partial charge in [0, 0.05) is 24.8 Å². The molecule has 1 saturated carbocycles. The van der Waals surface area contributed by atoms with Crippen LogP contribution in [0.4, 0.5) is 4.39 Å². The van der Waals surface area contributed by atoms with E-state index in [1.54, 1.807) is 18.2 Å². The van der Waals surface area contributed by atoms with Crippen LogP contribution in [0.3, 0.4) is 0 Å². The Morgan fingerprint density at radius 1 is 1.11 bits per heavy atom. The number of oxazole rings is 1. The molecule has 0 spiro atoms. The number of rotatable bonds is 7. The molecule has 0 saturated heterocycles. The van der Waals surface area contributed by atoms with Crippen molar-refractivity contribution in [2.45, 2.75) is 31.1 Å². The van der Waals surface area contributed by atoms with Gasteiger partial charge in [-0.25, -0.2) is 9.37 Å². The second-order valence-corrected chi connectivity index (χ2v) is 7.02. The van der Waals surface area contributed by atoms with Gasteiger partial charge in [-0.15, -0.1) is 0 Å². The predicted octanol–water partition coefficient (Wildman–Crippen LogP) is 4.26. The summed E-state index contributed by atoms with van der Waals surface area (Å²) in [6.45, 7) is 0.655. The third-order valence-corrected chi connectivity index (χ3v) is 5.12. The Labute approximate surface area is 157 Å². The fourth-order valence-corrected chi connectivity index (χ4v) is 3.30. The average Bonchev–Trinajstić information content (AvgIpc) is 3.36. The molecule has 1 N–H and O–H groups in total. The van der Waals surface area contributed by atoms with Crippen LogP contribution in [0.2, 0.25) is 0 Å². The monoisotopic (exact) mass is 364 g/mol. The molecule has 4 nitrogen and oxygen atoms in total. The molecule has 138 valence electrons. The zero-order valence-corrected chi connectivity index (χ0v) is 15.0. The van der Waals surface area contributed by atoms with Crippen LogP contribution in [-0.2, 0) is 16.6 Å². The number of hydrogen-bond acceptors (Lipinski definition) is 3. The highest BCUT2D eigenvalue weighted by Gasteiger charge is 2.44. The van der Waals surface area contributed by atoms with Crippen molar-refractivity contribution in [1.29, 1.82) is 0 Å². The highest BCUT2D eigenvalue weighted by molar-refractivity contribution is 5.76. The van der Waals surface area contributed by atoms with Crippen LogP contribution in [0.25, 0.3) is 11.3 Å². The van der Waals surface area contributed by atoms with E-state index in [9.17, 15) is 9.18 Å². The van der Waals surface area contributed by atoms with Gasteiger partial charge in [0.2, 0.25) is 5.91 Å². The Bertz CT molecular complexity index is 932. The topological polar surface area (TPSA) is 55.1 Å². The SMILES string of the molecule is O=C(CCc1ncc(-c2ccccc2F)o1)NCC1(c2ccccc2)CC1. The number of hydrogen-bond donors (Lipinski definition) is 1. The predicted molar refractivity (Wildman–Crippen MR) is 101 cm³/mol. The van der Waals surface area contributed by atoms with E-state index in [0.29, 0.717) is 36.6 Å². The fraction of sp³-hybridized carbons (Fsp3) is 0.273. The lowest BCUT2D eigenvalue weighted by atomic mass is 9.96. The molecule has 0 bridgehead atoms. The molecule has 0 radical (unpaired) electrons. The molecule has 5 heteroatoms. The summed E-state index contributed by atoms with van der Waals surface area (Å²) in [5, 5.41) is 3.03. The lowest BCUT2D eigenvalue weighted by molar-refractivity contribution is -0.121. The van der Waals surface area contributed by atoms with E-state index < -0.39 is 0 Å². The molecule has 2 aromatic carbocycles. The molecular formula is C22H21FN2O2. The summed E-state index contributed by atoms with van der Waals surface area (Å²) in [6, 6.07) is 16.7. The number of nitrogens with one attached hydrogen (secondary N) is 1. The first-order chi connectivity index (χ1) is 13.2. The van der Waals surface area contributed by atoms with Crippen molar-refractivity contribution in [3.63, 3.8) is 0 Å². The van der Waals surface area contributed by atoms with Crippen molar-refractivity contribution < 1.29 is 13.6 Å². The molecular weight excluding hydrogens is 343 g/mol. The number of aryl methyl sites for hydroxylation is 1. The number of benzene rings is 2. The van der Waals surface area contributed by atoms with Crippen LogP contribution in [0, 0.1) is 5.82 Å². The summed E-state index contributed by atoms with van der Waals surface area (Å²) in [7, 11) is 0. The Hall–Kier alpha value is -2.95. The number of amides is 1. The smallest absolute Gasteiger partial charge is 0.220 e. The number of aromatic nitrogens is 1. The maximum atomic E-state index is 13.8. The molecule has 1 amide bonds. The normalized spacial score (nSPS) is 14.7. The lowest BCUT2D eigenvalue weighted by Crippen LogP contribution is -2.32. The van der Waals surface area contributed by atoms with Gasteiger partial charge >= 0.3 is 0 Å². The van der Waals surface area contributed by atoms with Crippen molar-refractivity contribution in [2.24, 2.45) is 0 Å². The van der Waals surface area contributed by atoms with E-state index in [1.807, 2.05) is 18.2 Å². The fourth-order valence-electron chi connectivity index (χ4n) is 3.30. The molecule has 1 aromatic heterocycles. The standard InChI is InChI=1S/C22H21FN2O2/c23-18-9-5-4-8-17(18)19-14-24-21(27-19)11-10-20(26)25-15-22(12-13-22)16-6-2-1-3-7-16/h1-9,14H,10-13,15H2,(H,25,26). The summed E-state index contributed by atoms with van der Waals surface area (Å²) >= 11 is 0. The van der Waals surface area contributed by atoms with Gasteiger partial charge in [0.15, 0.2) is 11.7 Å². The second kappa shape index (κ2) is 7.35. The van der Waals surface area contributed by atoms with Gasteiger partial charge < -0.3 is 9.73 Å². The maximum absolute atomic E-state index is 13.8. The van der Waals surface area contributed by atoms with Crippen LogP contribution in [0.1, 0.15) is 30.7 Å². The zero-order valence-electron chi connectivity index (χ0n) is 15.0. The number of halogens is 1. The number of nitrogens with zero attached hydrogens (tertiary/aromatic N) is 1. The van der Waals surface area contributed by atoms with E-state index in [-0.39, 0.29) is 17.1 Å². The minimum atomic E-state index is -0.353. The lowest BCUT2D eigenvalue weighted by Gasteiger charge is -2.16. The van der Waals surface area contributed by atoms with Gasteiger partial charge in [0.25, 0.3) is 0 Å². The summed E-state index contributed by atoms with van der Waals surface area (Å²) < 4.78 is 19.4. The van der Waals surface area contributed by atoms with E-state index in [0.717, 1.165) is 12.8 Å². The van der Waals surface area contributed by atoms with Gasteiger partial charge in [0.1, 0.15) is 5.82 Å². The minimum Gasteiger partial charge on any atom is -0.441 e. The van der Waals surface area contributed by atoms with Crippen molar-refractivity contribution in [1.82, 2.24) is 10.3 Å². The van der Waals surface area contributed by atoms with E-state index in [1.165, 1.54) is 17.8 Å².